The molecular weight excluding hydrogens is 154 g/mol. The topological polar surface area (TPSA) is 55.5 Å². The number of methoxy groups -OCH3 is 1. The summed E-state index contributed by atoms with van der Waals surface area (Å²) in [6, 6.07) is 0. The maximum Gasteiger partial charge on any atom is 0.105 e. The van der Waals surface area contributed by atoms with Crippen molar-refractivity contribution in [3.05, 3.63) is 23.8 Å². The Labute approximate surface area is 72.5 Å². The lowest BCUT2D eigenvalue weighted by Crippen LogP contribution is -2.26. The van der Waals surface area contributed by atoms with Gasteiger partial charge in [-0.15, -0.1) is 0 Å². The van der Waals surface area contributed by atoms with Gasteiger partial charge in [0.05, 0.1) is 0 Å². The Morgan fingerprint density at radius 2 is 2.42 bits per heavy atom. The second kappa shape index (κ2) is 4.40. The average molecular weight is 169 g/mol. The molecule has 3 nitrogen and oxygen atoms in total. The van der Waals surface area contributed by atoms with Crippen LogP contribution in [0.25, 0.3) is 0 Å². The quantitative estimate of drug-likeness (QED) is 0.635. The highest BCUT2D eigenvalue weighted by Gasteiger charge is 2.16. The molecule has 0 saturated heterocycles. The summed E-state index contributed by atoms with van der Waals surface area (Å²) in [5.41, 5.74) is 6.47. The first-order valence-electron chi connectivity index (χ1n) is 4.07. The van der Waals surface area contributed by atoms with Crippen LogP contribution in [0, 0.1) is 0 Å². The van der Waals surface area contributed by atoms with Crippen molar-refractivity contribution in [3.8, 4) is 0 Å². The molecule has 0 aromatic carbocycles. The van der Waals surface area contributed by atoms with E-state index in [0.29, 0.717) is 6.54 Å². The minimum Gasteiger partial charge on any atom is -0.386 e. The average Bonchev–Trinajstić information content (AvgIpc) is 2.05. The van der Waals surface area contributed by atoms with Crippen LogP contribution in [0.1, 0.15) is 6.42 Å². The molecule has 0 radical (unpaired) electrons. The standard InChI is InChI=1S/C9H15NO2/c1-12-9-3-2-7(4-5-10)6-8(9)11/h2-3,6,8-9,11H,4-5,10H2,1H3. The van der Waals surface area contributed by atoms with Crippen LogP contribution >= 0.6 is 0 Å². The number of ether oxygens (including phenoxy) is 1. The van der Waals surface area contributed by atoms with Crippen molar-refractivity contribution in [1.82, 2.24) is 0 Å². The highest BCUT2D eigenvalue weighted by molar-refractivity contribution is 5.27. The third kappa shape index (κ3) is 2.17. The van der Waals surface area contributed by atoms with Gasteiger partial charge in [-0.3, -0.25) is 0 Å². The smallest absolute Gasteiger partial charge is 0.105 e. The van der Waals surface area contributed by atoms with E-state index in [0.717, 1.165) is 12.0 Å². The van der Waals surface area contributed by atoms with Crippen molar-refractivity contribution < 1.29 is 9.84 Å². The van der Waals surface area contributed by atoms with Crippen LogP contribution in [0.3, 0.4) is 0 Å². The molecule has 0 heterocycles. The third-order valence-electron chi connectivity index (χ3n) is 1.93. The van der Waals surface area contributed by atoms with Gasteiger partial charge in [-0.2, -0.15) is 0 Å². The molecule has 0 amide bonds. The van der Waals surface area contributed by atoms with Gasteiger partial charge >= 0.3 is 0 Å². The Bertz CT molecular complexity index is 199. The number of hydrogen-bond donors (Lipinski definition) is 2. The van der Waals surface area contributed by atoms with E-state index >= 15 is 0 Å². The molecule has 0 fully saturated rings. The Kier molecular flexibility index (Phi) is 3.47. The second-order valence-corrected chi connectivity index (χ2v) is 2.83. The Hall–Kier alpha value is -0.640. The zero-order chi connectivity index (χ0) is 8.97. The lowest BCUT2D eigenvalue weighted by molar-refractivity contribution is 0.0410. The van der Waals surface area contributed by atoms with Crippen LogP contribution in [0.4, 0.5) is 0 Å². The van der Waals surface area contributed by atoms with Crippen molar-refractivity contribution in [3.63, 3.8) is 0 Å². The molecule has 2 atom stereocenters. The fourth-order valence-electron chi connectivity index (χ4n) is 1.25. The summed E-state index contributed by atoms with van der Waals surface area (Å²) in [6.45, 7) is 0.612. The van der Waals surface area contributed by atoms with Gasteiger partial charge in [0, 0.05) is 7.11 Å². The lowest BCUT2D eigenvalue weighted by Gasteiger charge is -2.20. The number of nitrogens with two attached hydrogens (primary N) is 1. The van der Waals surface area contributed by atoms with Gasteiger partial charge in [0.1, 0.15) is 12.2 Å². The summed E-state index contributed by atoms with van der Waals surface area (Å²) in [5, 5.41) is 9.47. The zero-order valence-electron chi connectivity index (χ0n) is 7.23. The van der Waals surface area contributed by atoms with Crippen LogP contribution in [-0.2, 0) is 4.74 Å². The molecule has 1 rings (SSSR count). The number of aliphatic hydroxyl groups is 1. The largest absolute Gasteiger partial charge is 0.386 e. The molecule has 0 bridgehead atoms. The van der Waals surface area contributed by atoms with Crippen molar-refractivity contribution in [2.75, 3.05) is 13.7 Å². The summed E-state index contributed by atoms with van der Waals surface area (Å²) in [7, 11) is 1.58. The first kappa shape index (κ1) is 9.45. The zero-order valence-corrected chi connectivity index (χ0v) is 7.23. The first-order valence-corrected chi connectivity index (χ1v) is 4.07. The monoisotopic (exact) mass is 169 g/mol. The van der Waals surface area contributed by atoms with Crippen LogP contribution in [0.15, 0.2) is 23.8 Å². The van der Waals surface area contributed by atoms with Crippen molar-refractivity contribution >= 4 is 0 Å². The highest BCUT2D eigenvalue weighted by Crippen LogP contribution is 2.15. The van der Waals surface area contributed by atoms with Crippen LogP contribution < -0.4 is 5.73 Å². The predicted molar refractivity (Wildman–Crippen MR) is 47.7 cm³/mol. The first-order chi connectivity index (χ1) is 5.77. The lowest BCUT2D eigenvalue weighted by atomic mass is 10.0. The molecule has 1 aliphatic carbocycles. The molecule has 1 aliphatic rings. The van der Waals surface area contributed by atoms with E-state index < -0.39 is 6.10 Å². The minimum absolute atomic E-state index is 0.202. The Balaban J connectivity index is 2.56. The maximum atomic E-state index is 9.47. The van der Waals surface area contributed by atoms with Crippen molar-refractivity contribution in [2.24, 2.45) is 5.73 Å². The molecule has 0 aliphatic heterocycles. The van der Waals surface area contributed by atoms with Crippen LogP contribution in [-0.4, -0.2) is 31.0 Å². The summed E-state index contributed by atoms with van der Waals surface area (Å²) in [5.74, 6) is 0. The van der Waals surface area contributed by atoms with Gasteiger partial charge in [-0.05, 0) is 18.5 Å². The van der Waals surface area contributed by atoms with Gasteiger partial charge in [0.2, 0.25) is 0 Å². The Morgan fingerprint density at radius 1 is 1.67 bits per heavy atom. The van der Waals surface area contributed by atoms with Crippen molar-refractivity contribution in [2.45, 2.75) is 18.6 Å². The normalized spacial score (nSPS) is 28.8. The third-order valence-corrected chi connectivity index (χ3v) is 1.93. The summed E-state index contributed by atoms with van der Waals surface area (Å²) < 4.78 is 5.02. The van der Waals surface area contributed by atoms with E-state index in [-0.39, 0.29) is 6.10 Å². The number of aliphatic hydroxyl groups excluding tert-OH is 1. The van der Waals surface area contributed by atoms with E-state index in [1.54, 1.807) is 13.2 Å². The molecule has 0 saturated carbocycles. The van der Waals surface area contributed by atoms with Gasteiger partial charge in [-0.25, -0.2) is 0 Å². The molecule has 68 valence electrons. The molecule has 0 aromatic rings. The van der Waals surface area contributed by atoms with E-state index in [2.05, 4.69) is 0 Å². The number of hydrogen-bond acceptors (Lipinski definition) is 3. The summed E-state index contributed by atoms with van der Waals surface area (Å²) in [4.78, 5) is 0. The summed E-state index contributed by atoms with van der Waals surface area (Å²) >= 11 is 0. The molecule has 0 aromatic heterocycles. The van der Waals surface area contributed by atoms with Gasteiger partial charge < -0.3 is 15.6 Å². The second-order valence-electron chi connectivity index (χ2n) is 2.83. The number of allylic oxidation sites excluding steroid dienone is 1. The minimum atomic E-state index is -0.526. The van der Waals surface area contributed by atoms with Gasteiger partial charge in [-0.1, -0.05) is 18.2 Å². The maximum absolute atomic E-state index is 9.47. The van der Waals surface area contributed by atoms with E-state index in [4.69, 9.17) is 10.5 Å². The Morgan fingerprint density at radius 3 is 2.92 bits per heavy atom. The fraction of sp³-hybridized carbons (Fsp3) is 0.556. The molecule has 12 heavy (non-hydrogen) atoms. The molecule has 3 N–H and O–H groups in total. The van der Waals surface area contributed by atoms with Crippen molar-refractivity contribution in [1.29, 1.82) is 0 Å². The molecule has 3 heteroatoms. The van der Waals surface area contributed by atoms with E-state index in [1.807, 2.05) is 12.2 Å². The molecule has 0 spiro atoms. The molecular formula is C9H15NO2. The predicted octanol–water partition coefficient (Wildman–Crippen LogP) is 0.207. The number of rotatable bonds is 3. The summed E-state index contributed by atoms with van der Waals surface area (Å²) in [6.07, 6.45) is 5.68. The van der Waals surface area contributed by atoms with E-state index in [9.17, 15) is 5.11 Å². The highest BCUT2D eigenvalue weighted by atomic mass is 16.5. The van der Waals surface area contributed by atoms with Gasteiger partial charge in [0.15, 0.2) is 0 Å². The molecule has 2 unspecified atom stereocenters. The van der Waals surface area contributed by atoms with Crippen LogP contribution in [0.2, 0.25) is 0 Å². The van der Waals surface area contributed by atoms with Crippen LogP contribution in [0.5, 0.6) is 0 Å². The van der Waals surface area contributed by atoms with Gasteiger partial charge in [0.25, 0.3) is 0 Å². The van der Waals surface area contributed by atoms with E-state index in [1.165, 1.54) is 0 Å². The SMILES string of the molecule is COC1C=CC(CCN)=CC1O. The fourth-order valence-corrected chi connectivity index (χ4v) is 1.25.